The van der Waals surface area contributed by atoms with E-state index in [9.17, 15) is 9.90 Å². The predicted molar refractivity (Wildman–Crippen MR) is 82.9 cm³/mol. The number of aromatic hydroxyl groups is 1. The highest BCUT2D eigenvalue weighted by Crippen LogP contribution is 2.23. The van der Waals surface area contributed by atoms with Gasteiger partial charge < -0.3 is 10.1 Å². The molecule has 0 fully saturated rings. The van der Waals surface area contributed by atoms with Gasteiger partial charge in [0, 0.05) is 5.56 Å². The molecule has 110 valence electrons. The fourth-order valence-corrected chi connectivity index (χ4v) is 2.06. The van der Waals surface area contributed by atoms with E-state index in [0.717, 1.165) is 12.8 Å². The van der Waals surface area contributed by atoms with Crippen LogP contribution >= 0.6 is 0 Å². The van der Waals surface area contributed by atoms with Gasteiger partial charge in [0.25, 0.3) is 5.56 Å². The molecule has 0 radical (unpaired) electrons. The second-order valence-electron chi connectivity index (χ2n) is 4.76. The number of rotatable bonds is 3. The number of nitrogens with one attached hydrogen (secondary N) is 1. The molecule has 6 nitrogen and oxygen atoms in total. The van der Waals surface area contributed by atoms with Crippen LogP contribution in [0.25, 0.3) is 11.4 Å². The Balaban J connectivity index is 1.94. The zero-order chi connectivity index (χ0) is 15.4. The smallest absolute Gasteiger partial charge is 0.283 e. The maximum atomic E-state index is 12.1. The Hall–Kier alpha value is -3.02. The Morgan fingerprint density at radius 2 is 1.95 bits per heavy atom. The molecule has 0 saturated carbocycles. The molecule has 0 spiro atoms. The Labute approximate surface area is 126 Å². The summed E-state index contributed by atoms with van der Waals surface area (Å²) in [6.07, 6.45) is 7.58. The lowest BCUT2D eigenvalue weighted by Crippen LogP contribution is -2.08. The molecule has 22 heavy (non-hydrogen) atoms. The fourth-order valence-electron chi connectivity index (χ4n) is 2.06. The number of benzene rings is 1. The fraction of sp³-hybridized carbons (Fsp3) is 0.125. The van der Waals surface area contributed by atoms with Crippen LogP contribution in [0.15, 0.2) is 69.3 Å². The molecule has 0 amide bonds. The van der Waals surface area contributed by atoms with E-state index in [2.05, 4.69) is 20.2 Å². The van der Waals surface area contributed by atoms with Crippen LogP contribution in [0.3, 0.4) is 0 Å². The molecule has 0 saturated heterocycles. The number of aromatic amines is 1. The molecule has 1 heterocycles. The minimum atomic E-state index is -0.532. The number of azo groups is 1. The van der Waals surface area contributed by atoms with E-state index < -0.39 is 11.4 Å². The first-order valence-electron chi connectivity index (χ1n) is 6.91. The normalized spacial score (nSPS) is 14.3. The standard InChI is InChI=1S/C16H14N4O2/c21-15-13(20-19-12-9-5-2-6-10-12)16(22)18-14(17-15)11-7-3-1-4-8-11/h1,3-5,7-10H,2,6H2,(H2,17,18,21,22). The van der Waals surface area contributed by atoms with Gasteiger partial charge in [0.1, 0.15) is 5.82 Å². The third kappa shape index (κ3) is 3.01. The van der Waals surface area contributed by atoms with Crippen LogP contribution in [-0.2, 0) is 0 Å². The minimum absolute atomic E-state index is 0.195. The van der Waals surface area contributed by atoms with E-state index in [1.54, 1.807) is 12.1 Å². The van der Waals surface area contributed by atoms with E-state index >= 15 is 0 Å². The highest BCUT2D eigenvalue weighted by Gasteiger charge is 2.11. The second-order valence-corrected chi connectivity index (χ2v) is 4.76. The van der Waals surface area contributed by atoms with Crippen molar-refractivity contribution in [1.29, 1.82) is 0 Å². The van der Waals surface area contributed by atoms with Crippen LogP contribution < -0.4 is 5.56 Å². The summed E-state index contributed by atoms with van der Waals surface area (Å²) in [5.41, 5.74) is 0.642. The predicted octanol–water partition coefficient (Wildman–Crippen LogP) is 3.46. The quantitative estimate of drug-likeness (QED) is 0.849. The first kappa shape index (κ1) is 13.9. The molecular weight excluding hydrogens is 280 g/mol. The number of nitrogens with zero attached hydrogens (tertiary/aromatic N) is 3. The van der Waals surface area contributed by atoms with Crippen molar-refractivity contribution in [2.75, 3.05) is 0 Å². The number of aromatic nitrogens is 2. The van der Waals surface area contributed by atoms with Crippen molar-refractivity contribution < 1.29 is 5.11 Å². The first-order chi connectivity index (χ1) is 10.7. The molecule has 3 rings (SSSR count). The van der Waals surface area contributed by atoms with Crippen LogP contribution in [0.5, 0.6) is 5.88 Å². The van der Waals surface area contributed by atoms with Crippen LogP contribution in [0, 0.1) is 0 Å². The van der Waals surface area contributed by atoms with Crippen molar-refractivity contribution >= 4 is 5.69 Å². The molecule has 0 bridgehead atoms. The summed E-state index contributed by atoms with van der Waals surface area (Å²) in [7, 11) is 0. The van der Waals surface area contributed by atoms with Crippen LogP contribution in [0.2, 0.25) is 0 Å². The topological polar surface area (TPSA) is 90.7 Å². The summed E-state index contributed by atoms with van der Waals surface area (Å²) in [5.74, 6) is -0.148. The largest absolute Gasteiger partial charge is 0.491 e. The Bertz CT molecular complexity index is 820. The second kappa shape index (κ2) is 6.17. The van der Waals surface area contributed by atoms with E-state index in [4.69, 9.17) is 0 Å². The molecule has 0 aliphatic heterocycles. The van der Waals surface area contributed by atoms with Gasteiger partial charge in [-0.05, 0) is 18.9 Å². The minimum Gasteiger partial charge on any atom is -0.491 e. The lowest BCUT2D eigenvalue weighted by molar-refractivity contribution is 0.453. The number of allylic oxidation sites excluding steroid dienone is 3. The van der Waals surface area contributed by atoms with Crippen molar-refractivity contribution in [3.05, 3.63) is 64.6 Å². The van der Waals surface area contributed by atoms with Gasteiger partial charge in [-0.3, -0.25) is 4.79 Å². The molecule has 0 atom stereocenters. The van der Waals surface area contributed by atoms with E-state index in [1.807, 2.05) is 36.4 Å². The van der Waals surface area contributed by atoms with Crippen LogP contribution in [0.4, 0.5) is 5.69 Å². The molecule has 0 unspecified atom stereocenters. The van der Waals surface area contributed by atoms with Gasteiger partial charge in [0.05, 0.1) is 5.70 Å². The number of hydrogen-bond acceptors (Lipinski definition) is 5. The lowest BCUT2D eigenvalue weighted by Gasteiger charge is -2.03. The molecular formula is C16H14N4O2. The molecule has 6 heteroatoms. The van der Waals surface area contributed by atoms with Gasteiger partial charge in [-0.15, -0.1) is 5.11 Å². The maximum Gasteiger partial charge on any atom is 0.283 e. The number of hydrogen-bond donors (Lipinski definition) is 2. The molecule has 1 aromatic carbocycles. The summed E-state index contributed by atoms with van der Waals surface area (Å²) in [4.78, 5) is 18.6. The monoisotopic (exact) mass is 294 g/mol. The average Bonchev–Trinajstić information content (AvgIpc) is 2.56. The van der Waals surface area contributed by atoms with Crippen molar-refractivity contribution in [3.63, 3.8) is 0 Å². The van der Waals surface area contributed by atoms with Crippen molar-refractivity contribution in [2.24, 2.45) is 10.2 Å². The summed E-state index contributed by atoms with van der Waals surface area (Å²) >= 11 is 0. The molecule has 1 aromatic heterocycles. The Kier molecular flexibility index (Phi) is 3.91. The van der Waals surface area contributed by atoms with E-state index in [1.165, 1.54) is 0 Å². The van der Waals surface area contributed by atoms with Gasteiger partial charge >= 0.3 is 0 Å². The third-order valence-corrected chi connectivity index (χ3v) is 3.16. The first-order valence-corrected chi connectivity index (χ1v) is 6.91. The van der Waals surface area contributed by atoms with E-state index in [0.29, 0.717) is 17.1 Å². The van der Waals surface area contributed by atoms with Gasteiger partial charge in [-0.25, -0.2) is 0 Å². The zero-order valence-corrected chi connectivity index (χ0v) is 11.7. The summed E-state index contributed by atoms with van der Waals surface area (Å²) < 4.78 is 0. The summed E-state index contributed by atoms with van der Waals surface area (Å²) in [5, 5.41) is 17.7. The molecule has 2 N–H and O–H groups in total. The molecule has 1 aliphatic rings. The number of H-pyrrole nitrogens is 1. The van der Waals surface area contributed by atoms with E-state index in [-0.39, 0.29) is 5.69 Å². The molecule has 2 aromatic rings. The zero-order valence-electron chi connectivity index (χ0n) is 11.7. The van der Waals surface area contributed by atoms with Gasteiger partial charge in [-0.2, -0.15) is 10.1 Å². The van der Waals surface area contributed by atoms with Gasteiger partial charge in [-0.1, -0.05) is 42.5 Å². The SMILES string of the molecule is O=c1[nH]c(-c2ccccc2)nc(O)c1N=NC1=CCCC=C1. The maximum absolute atomic E-state index is 12.1. The Morgan fingerprint density at radius 1 is 1.14 bits per heavy atom. The summed E-state index contributed by atoms with van der Waals surface area (Å²) in [6, 6.07) is 9.08. The Morgan fingerprint density at radius 3 is 2.64 bits per heavy atom. The van der Waals surface area contributed by atoms with Crippen LogP contribution in [0.1, 0.15) is 12.8 Å². The van der Waals surface area contributed by atoms with Gasteiger partial charge in [0.15, 0.2) is 0 Å². The van der Waals surface area contributed by atoms with Crippen LogP contribution in [-0.4, -0.2) is 15.1 Å². The summed E-state index contributed by atoms with van der Waals surface area (Å²) in [6.45, 7) is 0. The average molecular weight is 294 g/mol. The highest BCUT2D eigenvalue weighted by molar-refractivity contribution is 5.57. The lowest BCUT2D eigenvalue weighted by atomic mass is 10.2. The van der Waals surface area contributed by atoms with Crippen molar-refractivity contribution in [2.45, 2.75) is 12.8 Å². The van der Waals surface area contributed by atoms with Crippen molar-refractivity contribution in [1.82, 2.24) is 9.97 Å². The third-order valence-electron chi connectivity index (χ3n) is 3.16. The van der Waals surface area contributed by atoms with Crippen molar-refractivity contribution in [3.8, 4) is 17.3 Å². The van der Waals surface area contributed by atoms with Gasteiger partial charge in [0.2, 0.25) is 11.6 Å². The molecule has 1 aliphatic carbocycles. The highest BCUT2D eigenvalue weighted by atomic mass is 16.3.